The lowest BCUT2D eigenvalue weighted by Crippen LogP contribution is -2.48. The summed E-state index contributed by atoms with van der Waals surface area (Å²) in [5.41, 5.74) is 1.84. The Morgan fingerprint density at radius 1 is 0.892 bits per heavy atom. The Morgan fingerprint density at radius 2 is 1.59 bits per heavy atom. The van der Waals surface area contributed by atoms with E-state index in [2.05, 4.69) is 14.6 Å². The maximum Gasteiger partial charge on any atom is 0.264 e. The SMILES string of the molecule is O=C(c1ccc(NS(=O)(=O)c2cccc3cccnc23)cc1)N1CCN(Cc2cccc(O)c2O)CC1. The minimum absolute atomic E-state index is 0.0858. The summed E-state index contributed by atoms with van der Waals surface area (Å²) >= 11 is 0. The fourth-order valence-electron chi connectivity index (χ4n) is 4.42. The first-order valence-corrected chi connectivity index (χ1v) is 13.3. The van der Waals surface area contributed by atoms with Gasteiger partial charge in [-0.25, -0.2) is 8.42 Å². The van der Waals surface area contributed by atoms with E-state index in [0.29, 0.717) is 55.1 Å². The molecule has 9 nitrogen and oxygen atoms in total. The molecule has 10 heteroatoms. The van der Waals surface area contributed by atoms with Crippen LogP contribution in [0.2, 0.25) is 0 Å². The Labute approximate surface area is 214 Å². The third-order valence-electron chi connectivity index (χ3n) is 6.42. The van der Waals surface area contributed by atoms with Gasteiger partial charge in [-0.1, -0.05) is 30.3 Å². The number of rotatable bonds is 6. The van der Waals surface area contributed by atoms with Crippen LogP contribution in [0.3, 0.4) is 0 Å². The number of aromatic nitrogens is 1. The largest absolute Gasteiger partial charge is 0.504 e. The normalized spacial score (nSPS) is 14.5. The molecule has 0 saturated carbocycles. The summed E-state index contributed by atoms with van der Waals surface area (Å²) in [6, 6.07) is 19.8. The first kappa shape index (κ1) is 24.5. The molecule has 1 amide bonds. The highest BCUT2D eigenvalue weighted by Gasteiger charge is 2.24. The predicted octanol–water partition coefficient (Wildman–Crippen LogP) is 3.40. The Bertz CT molecular complexity index is 1540. The first-order chi connectivity index (χ1) is 17.8. The molecular formula is C27H26N4O5S. The minimum atomic E-state index is -3.88. The van der Waals surface area contributed by atoms with Gasteiger partial charge in [0.2, 0.25) is 0 Å². The van der Waals surface area contributed by atoms with E-state index < -0.39 is 10.0 Å². The smallest absolute Gasteiger partial charge is 0.264 e. The number of carbonyl (C=O) groups is 1. The molecule has 0 aliphatic carbocycles. The Kier molecular flexibility index (Phi) is 6.68. The molecule has 1 aliphatic heterocycles. The number of para-hydroxylation sites is 2. The zero-order valence-electron chi connectivity index (χ0n) is 19.9. The average molecular weight is 519 g/mol. The van der Waals surface area contributed by atoms with Crippen molar-refractivity contribution in [3.8, 4) is 11.5 Å². The molecule has 1 aliphatic rings. The van der Waals surface area contributed by atoms with Crippen molar-refractivity contribution in [2.45, 2.75) is 11.4 Å². The summed E-state index contributed by atoms with van der Waals surface area (Å²) in [4.78, 5) is 21.2. The standard InChI is InChI=1S/C27H26N4O5S/c32-23-7-1-5-21(26(23)33)18-30-14-16-31(17-15-30)27(34)20-9-11-22(12-10-20)29-37(35,36)24-8-2-4-19-6-3-13-28-25(19)24/h1-13,29,32-33H,14-18H2. The van der Waals surface area contributed by atoms with Crippen LogP contribution in [0.25, 0.3) is 10.9 Å². The summed E-state index contributed by atoms with van der Waals surface area (Å²) in [5, 5.41) is 20.5. The number of hydrogen-bond donors (Lipinski definition) is 3. The Balaban J connectivity index is 1.22. The van der Waals surface area contributed by atoms with E-state index in [-0.39, 0.29) is 22.3 Å². The molecule has 3 N–H and O–H groups in total. The number of benzene rings is 3. The van der Waals surface area contributed by atoms with Crippen molar-refractivity contribution in [2.75, 3.05) is 30.9 Å². The fourth-order valence-corrected chi connectivity index (χ4v) is 5.66. The second-order valence-corrected chi connectivity index (χ2v) is 10.5. The first-order valence-electron chi connectivity index (χ1n) is 11.8. The van der Waals surface area contributed by atoms with Gasteiger partial charge < -0.3 is 15.1 Å². The van der Waals surface area contributed by atoms with Crippen molar-refractivity contribution in [1.29, 1.82) is 0 Å². The van der Waals surface area contributed by atoms with Crippen molar-refractivity contribution in [1.82, 2.24) is 14.8 Å². The molecule has 1 aromatic heterocycles. The number of nitrogens with one attached hydrogen (secondary N) is 1. The molecule has 2 heterocycles. The Morgan fingerprint density at radius 3 is 2.35 bits per heavy atom. The molecule has 0 bridgehead atoms. The molecule has 1 fully saturated rings. The number of piperazine rings is 1. The molecule has 1 saturated heterocycles. The molecule has 37 heavy (non-hydrogen) atoms. The van der Waals surface area contributed by atoms with Crippen LogP contribution in [0.15, 0.2) is 83.9 Å². The lowest BCUT2D eigenvalue weighted by atomic mass is 10.1. The zero-order valence-corrected chi connectivity index (χ0v) is 20.7. The van der Waals surface area contributed by atoms with Crippen LogP contribution in [0, 0.1) is 0 Å². The second-order valence-electron chi connectivity index (χ2n) is 8.87. The van der Waals surface area contributed by atoms with Crippen LogP contribution >= 0.6 is 0 Å². The van der Waals surface area contributed by atoms with Gasteiger partial charge in [0.15, 0.2) is 11.5 Å². The topological polar surface area (TPSA) is 123 Å². The van der Waals surface area contributed by atoms with Gasteiger partial charge in [-0.2, -0.15) is 0 Å². The summed E-state index contributed by atoms with van der Waals surface area (Å²) in [6.07, 6.45) is 1.55. The number of hydrogen-bond acceptors (Lipinski definition) is 7. The van der Waals surface area contributed by atoms with Gasteiger partial charge in [0.1, 0.15) is 4.90 Å². The van der Waals surface area contributed by atoms with E-state index in [9.17, 15) is 23.4 Å². The molecule has 4 aromatic rings. The number of phenols is 2. The van der Waals surface area contributed by atoms with Gasteiger partial charge in [0, 0.05) is 61.1 Å². The fraction of sp³-hybridized carbons (Fsp3) is 0.185. The minimum Gasteiger partial charge on any atom is -0.504 e. The molecule has 0 atom stereocenters. The number of nitrogens with zero attached hydrogens (tertiary/aromatic N) is 3. The van der Waals surface area contributed by atoms with Crippen LogP contribution in [-0.4, -0.2) is 65.5 Å². The van der Waals surface area contributed by atoms with E-state index in [1.165, 1.54) is 12.1 Å². The predicted molar refractivity (Wildman–Crippen MR) is 140 cm³/mol. The van der Waals surface area contributed by atoms with Crippen LogP contribution in [0.1, 0.15) is 15.9 Å². The molecular weight excluding hydrogens is 492 g/mol. The summed E-state index contributed by atoms with van der Waals surface area (Å²) < 4.78 is 28.6. The highest BCUT2D eigenvalue weighted by atomic mass is 32.2. The summed E-state index contributed by atoms with van der Waals surface area (Å²) in [5.74, 6) is -0.396. The number of fused-ring (bicyclic) bond motifs is 1. The zero-order chi connectivity index (χ0) is 26.0. The van der Waals surface area contributed by atoms with E-state index in [4.69, 9.17) is 0 Å². The van der Waals surface area contributed by atoms with Crippen molar-refractivity contribution in [3.63, 3.8) is 0 Å². The maximum absolute atomic E-state index is 13.0. The molecule has 0 spiro atoms. The third kappa shape index (κ3) is 5.20. The third-order valence-corrected chi connectivity index (χ3v) is 7.83. The van der Waals surface area contributed by atoms with Gasteiger partial charge >= 0.3 is 0 Å². The van der Waals surface area contributed by atoms with Crippen LogP contribution < -0.4 is 4.72 Å². The van der Waals surface area contributed by atoms with Crippen LogP contribution in [0.4, 0.5) is 5.69 Å². The molecule has 3 aromatic carbocycles. The van der Waals surface area contributed by atoms with E-state index >= 15 is 0 Å². The van der Waals surface area contributed by atoms with Crippen LogP contribution in [0.5, 0.6) is 11.5 Å². The van der Waals surface area contributed by atoms with E-state index in [1.807, 2.05) is 0 Å². The van der Waals surface area contributed by atoms with E-state index in [1.54, 1.807) is 71.8 Å². The van der Waals surface area contributed by atoms with Crippen LogP contribution in [-0.2, 0) is 16.6 Å². The van der Waals surface area contributed by atoms with Gasteiger partial charge in [-0.3, -0.25) is 19.4 Å². The quantitative estimate of drug-likeness (QED) is 0.334. The highest BCUT2D eigenvalue weighted by molar-refractivity contribution is 7.93. The summed E-state index contributed by atoms with van der Waals surface area (Å²) in [7, 11) is -3.88. The highest BCUT2D eigenvalue weighted by Crippen LogP contribution is 2.29. The number of carbonyl (C=O) groups excluding carboxylic acids is 1. The summed E-state index contributed by atoms with van der Waals surface area (Å²) in [6.45, 7) is 2.75. The van der Waals surface area contributed by atoms with Gasteiger partial charge in [0.25, 0.3) is 15.9 Å². The van der Waals surface area contributed by atoms with Crippen molar-refractivity contribution < 1.29 is 23.4 Å². The lowest BCUT2D eigenvalue weighted by molar-refractivity contribution is 0.0627. The number of anilines is 1. The van der Waals surface area contributed by atoms with Gasteiger partial charge in [0.05, 0.1) is 5.52 Å². The van der Waals surface area contributed by atoms with E-state index in [0.717, 1.165) is 5.39 Å². The van der Waals surface area contributed by atoms with Crippen molar-refractivity contribution in [2.24, 2.45) is 0 Å². The molecule has 5 rings (SSSR count). The number of sulfonamides is 1. The second kappa shape index (κ2) is 10.1. The van der Waals surface area contributed by atoms with Crippen molar-refractivity contribution in [3.05, 3.63) is 90.1 Å². The number of aromatic hydroxyl groups is 2. The average Bonchev–Trinajstić information content (AvgIpc) is 2.91. The van der Waals surface area contributed by atoms with Crippen molar-refractivity contribution >= 4 is 32.5 Å². The monoisotopic (exact) mass is 518 g/mol. The maximum atomic E-state index is 13.0. The molecule has 0 radical (unpaired) electrons. The van der Waals surface area contributed by atoms with Gasteiger partial charge in [-0.05, 0) is 42.5 Å². The molecule has 0 unspecified atom stereocenters. The Hall–Kier alpha value is -4.15. The number of amides is 1. The van der Waals surface area contributed by atoms with Gasteiger partial charge in [-0.15, -0.1) is 0 Å². The lowest BCUT2D eigenvalue weighted by Gasteiger charge is -2.35. The number of phenolic OH excluding ortho intramolecular Hbond substituents is 2. The molecule has 190 valence electrons. The number of pyridine rings is 1.